The van der Waals surface area contributed by atoms with Crippen LogP contribution in [-0.4, -0.2) is 28.4 Å². The molecule has 0 radical (unpaired) electrons. The van der Waals surface area contributed by atoms with Crippen LogP contribution in [-0.2, 0) is 4.79 Å². The topological polar surface area (TPSA) is 46.3 Å². The number of nitrogens with zero attached hydrogens (tertiary/aromatic N) is 1. The molecule has 0 atom stereocenters. The molecule has 1 saturated carbocycles. The van der Waals surface area contributed by atoms with Crippen LogP contribution < -0.4 is 5.73 Å². The minimum Gasteiger partial charge on any atom is -0.338 e. The third-order valence-electron chi connectivity index (χ3n) is 4.05. The number of nitrogens with two attached hydrogens (primary N) is 1. The molecule has 15 heavy (non-hydrogen) atoms. The van der Waals surface area contributed by atoms with E-state index in [4.69, 9.17) is 5.73 Å². The van der Waals surface area contributed by atoms with Gasteiger partial charge in [0.05, 0.1) is 0 Å². The van der Waals surface area contributed by atoms with Gasteiger partial charge in [-0.3, -0.25) is 4.79 Å². The van der Waals surface area contributed by atoms with Gasteiger partial charge in [-0.2, -0.15) is 0 Å². The van der Waals surface area contributed by atoms with Crippen molar-refractivity contribution in [2.24, 2.45) is 5.73 Å². The van der Waals surface area contributed by atoms with Crippen LogP contribution in [0.25, 0.3) is 0 Å². The molecule has 1 amide bonds. The van der Waals surface area contributed by atoms with E-state index in [9.17, 15) is 4.79 Å². The van der Waals surface area contributed by atoms with Crippen molar-refractivity contribution in [2.75, 3.05) is 6.54 Å². The Morgan fingerprint density at radius 2 is 1.93 bits per heavy atom. The number of hydrogen-bond donors (Lipinski definition) is 1. The minimum absolute atomic E-state index is 0.0528. The zero-order valence-corrected chi connectivity index (χ0v) is 9.88. The number of hydrogen-bond acceptors (Lipinski definition) is 2. The molecule has 0 spiro atoms. The van der Waals surface area contributed by atoms with E-state index in [1.165, 1.54) is 6.42 Å². The molecule has 1 aliphatic carbocycles. The molecular formula is C12H22N2O. The van der Waals surface area contributed by atoms with Gasteiger partial charge in [-0.25, -0.2) is 0 Å². The molecule has 0 aromatic rings. The average molecular weight is 210 g/mol. The van der Waals surface area contributed by atoms with E-state index in [0.29, 0.717) is 6.42 Å². The molecule has 1 heterocycles. The van der Waals surface area contributed by atoms with Crippen LogP contribution >= 0.6 is 0 Å². The van der Waals surface area contributed by atoms with Crippen LogP contribution in [0.5, 0.6) is 0 Å². The Morgan fingerprint density at radius 1 is 1.27 bits per heavy atom. The lowest BCUT2D eigenvalue weighted by molar-refractivity contribution is -0.136. The molecule has 2 rings (SSSR count). The van der Waals surface area contributed by atoms with Crippen LogP contribution in [0.1, 0.15) is 52.4 Å². The summed E-state index contributed by atoms with van der Waals surface area (Å²) < 4.78 is 0. The van der Waals surface area contributed by atoms with Crippen LogP contribution in [0, 0.1) is 0 Å². The Labute approximate surface area is 92.0 Å². The van der Waals surface area contributed by atoms with E-state index in [1.807, 2.05) is 4.90 Å². The molecule has 3 nitrogen and oxygen atoms in total. The first-order chi connectivity index (χ1) is 6.93. The molecule has 3 heteroatoms. The summed E-state index contributed by atoms with van der Waals surface area (Å²) in [5, 5.41) is 0. The maximum absolute atomic E-state index is 12.1. The summed E-state index contributed by atoms with van der Waals surface area (Å²) in [6.07, 6.45) is 6.04. The van der Waals surface area contributed by atoms with E-state index in [1.54, 1.807) is 0 Å². The van der Waals surface area contributed by atoms with Gasteiger partial charge in [0.2, 0.25) is 5.91 Å². The van der Waals surface area contributed by atoms with Crippen LogP contribution in [0.2, 0.25) is 0 Å². The van der Waals surface area contributed by atoms with E-state index in [0.717, 1.165) is 32.2 Å². The minimum atomic E-state index is -0.171. The first kappa shape index (κ1) is 10.9. The van der Waals surface area contributed by atoms with Gasteiger partial charge in [-0.1, -0.05) is 0 Å². The molecule has 0 unspecified atom stereocenters. The van der Waals surface area contributed by atoms with Crippen LogP contribution in [0.15, 0.2) is 0 Å². The van der Waals surface area contributed by atoms with E-state index in [-0.39, 0.29) is 17.0 Å². The van der Waals surface area contributed by atoms with Gasteiger partial charge in [-0.15, -0.1) is 0 Å². The molecular weight excluding hydrogens is 188 g/mol. The standard InChI is InChI=1S/C12H22N2O/c1-11(2)5-4-8-14(11)10(15)9-12(13)6-3-7-12/h3-9,13H2,1-2H3. The van der Waals surface area contributed by atoms with Gasteiger partial charge in [0.1, 0.15) is 0 Å². The molecule has 2 fully saturated rings. The fourth-order valence-corrected chi connectivity index (χ4v) is 2.77. The van der Waals surface area contributed by atoms with Gasteiger partial charge < -0.3 is 10.6 Å². The normalized spacial score (nSPS) is 27.5. The van der Waals surface area contributed by atoms with Crippen LogP contribution in [0.3, 0.4) is 0 Å². The lowest BCUT2D eigenvalue weighted by Gasteiger charge is -2.40. The third-order valence-corrected chi connectivity index (χ3v) is 4.05. The van der Waals surface area contributed by atoms with E-state index in [2.05, 4.69) is 13.8 Å². The Balaban J connectivity index is 1.96. The summed E-state index contributed by atoms with van der Waals surface area (Å²) in [7, 11) is 0. The maximum Gasteiger partial charge on any atom is 0.224 e. The number of likely N-dealkylation sites (tertiary alicyclic amines) is 1. The highest BCUT2D eigenvalue weighted by molar-refractivity contribution is 5.78. The highest BCUT2D eigenvalue weighted by Gasteiger charge is 2.40. The van der Waals surface area contributed by atoms with Crippen molar-refractivity contribution in [1.29, 1.82) is 0 Å². The molecule has 0 aromatic carbocycles. The first-order valence-corrected chi connectivity index (χ1v) is 6.02. The van der Waals surface area contributed by atoms with Gasteiger partial charge in [-0.05, 0) is 46.0 Å². The number of carbonyl (C=O) groups excluding carboxylic acids is 1. The second-order valence-electron chi connectivity index (χ2n) is 5.85. The summed E-state index contributed by atoms with van der Waals surface area (Å²) in [5.41, 5.74) is 5.99. The lowest BCUT2D eigenvalue weighted by Crippen LogP contribution is -2.52. The highest BCUT2D eigenvalue weighted by Crippen LogP contribution is 2.35. The smallest absolute Gasteiger partial charge is 0.224 e. The Hall–Kier alpha value is -0.570. The fraction of sp³-hybridized carbons (Fsp3) is 0.917. The lowest BCUT2D eigenvalue weighted by atomic mass is 9.75. The molecule has 2 N–H and O–H groups in total. The summed E-state index contributed by atoms with van der Waals surface area (Å²) in [4.78, 5) is 14.1. The van der Waals surface area contributed by atoms with E-state index < -0.39 is 0 Å². The Morgan fingerprint density at radius 3 is 2.33 bits per heavy atom. The van der Waals surface area contributed by atoms with E-state index >= 15 is 0 Å². The summed E-state index contributed by atoms with van der Waals surface area (Å²) >= 11 is 0. The maximum atomic E-state index is 12.1. The highest BCUT2D eigenvalue weighted by atomic mass is 16.2. The summed E-state index contributed by atoms with van der Waals surface area (Å²) in [6, 6.07) is 0. The average Bonchev–Trinajstić information content (AvgIpc) is 2.42. The quantitative estimate of drug-likeness (QED) is 0.753. The predicted molar refractivity (Wildman–Crippen MR) is 60.4 cm³/mol. The molecule has 1 aliphatic heterocycles. The first-order valence-electron chi connectivity index (χ1n) is 6.02. The molecule has 0 bridgehead atoms. The molecule has 0 aromatic heterocycles. The van der Waals surface area contributed by atoms with Crippen molar-refractivity contribution in [3.8, 4) is 0 Å². The monoisotopic (exact) mass is 210 g/mol. The van der Waals surface area contributed by atoms with Crippen molar-refractivity contribution < 1.29 is 4.79 Å². The Bertz CT molecular complexity index is 269. The van der Waals surface area contributed by atoms with Crippen LogP contribution in [0.4, 0.5) is 0 Å². The van der Waals surface area contributed by atoms with Crippen molar-refractivity contribution in [1.82, 2.24) is 4.90 Å². The molecule has 2 aliphatic rings. The predicted octanol–water partition coefficient (Wildman–Crippen LogP) is 1.66. The molecule has 1 saturated heterocycles. The van der Waals surface area contributed by atoms with Crippen molar-refractivity contribution in [3.63, 3.8) is 0 Å². The zero-order valence-electron chi connectivity index (χ0n) is 9.88. The number of carbonyl (C=O) groups is 1. The second-order valence-corrected chi connectivity index (χ2v) is 5.85. The van der Waals surface area contributed by atoms with Crippen molar-refractivity contribution in [2.45, 2.75) is 63.5 Å². The third kappa shape index (κ3) is 2.03. The summed E-state index contributed by atoms with van der Waals surface area (Å²) in [5.74, 6) is 0.264. The second kappa shape index (κ2) is 3.48. The Kier molecular flexibility index (Phi) is 2.53. The number of amides is 1. The summed E-state index contributed by atoms with van der Waals surface area (Å²) in [6.45, 7) is 5.23. The van der Waals surface area contributed by atoms with Gasteiger partial charge in [0.25, 0.3) is 0 Å². The zero-order chi connectivity index (χ0) is 11.1. The van der Waals surface area contributed by atoms with Gasteiger partial charge in [0.15, 0.2) is 0 Å². The largest absolute Gasteiger partial charge is 0.338 e. The SMILES string of the molecule is CC1(C)CCCN1C(=O)CC1(N)CCC1. The molecule has 86 valence electrons. The van der Waals surface area contributed by atoms with Gasteiger partial charge in [0, 0.05) is 24.0 Å². The van der Waals surface area contributed by atoms with Crippen molar-refractivity contribution in [3.05, 3.63) is 0 Å². The van der Waals surface area contributed by atoms with Crippen molar-refractivity contribution >= 4 is 5.91 Å². The number of rotatable bonds is 2. The van der Waals surface area contributed by atoms with Gasteiger partial charge >= 0.3 is 0 Å². The fourth-order valence-electron chi connectivity index (χ4n) is 2.77.